The summed E-state index contributed by atoms with van der Waals surface area (Å²) in [5.74, 6) is 0. The number of ether oxygens (including phenoxy) is 3. The van der Waals surface area contributed by atoms with E-state index in [1.165, 1.54) is 0 Å². The highest BCUT2D eigenvalue weighted by molar-refractivity contribution is 6.84. The third kappa shape index (κ3) is 43.0. The number of hydrogen-bond donors (Lipinski definition) is 5. The van der Waals surface area contributed by atoms with Crippen LogP contribution >= 0.6 is 0 Å². The Balaban J connectivity index is -0.000000321. The fourth-order valence-electron chi connectivity index (χ4n) is 2.09. The van der Waals surface area contributed by atoms with E-state index in [0.29, 0.717) is 26.6 Å². The first-order valence-corrected chi connectivity index (χ1v) is 19.3. The topological polar surface area (TPSA) is 213 Å². The van der Waals surface area contributed by atoms with Crippen molar-refractivity contribution in [1.82, 2.24) is 5.32 Å². The van der Waals surface area contributed by atoms with E-state index in [0.717, 1.165) is 6.61 Å². The van der Waals surface area contributed by atoms with E-state index in [-0.39, 0.29) is 38.0 Å². The molecule has 0 rings (SSSR count). The van der Waals surface area contributed by atoms with Gasteiger partial charge in [0.1, 0.15) is 6.23 Å². The maximum Gasteiger partial charge on any atom is 0.513 e. The molecule has 0 saturated heterocycles. The number of nitrogens with one attached hydrogen (secondary N) is 1. The average Bonchev–Trinajstić information content (AvgIpc) is 2.75. The Bertz CT molecular complexity index is 512. The summed E-state index contributed by atoms with van der Waals surface area (Å²) in [6.07, 6.45) is -0.315. The van der Waals surface area contributed by atoms with Gasteiger partial charge in [-0.2, -0.15) is 0 Å². The second kappa shape index (κ2) is 27.0. The van der Waals surface area contributed by atoms with E-state index in [9.17, 15) is 14.7 Å². The first kappa shape index (κ1) is 42.0. The molecule has 0 amide bonds. The van der Waals surface area contributed by atoms with Gasteiger partial charge in [0.05, 0.1) is 26.2 Å². The molecule has 0 fully saturated rings. The minimum absolute atomic E-state index is 0.0186. The SMILES string of the molecule is CCOCN.CCOCNCC(O)COC[Si](O)(O)O[Si](C)(C)O[Si](C)(C)C.O=CC=O.O=CC=O. The minimum Gasteiger partial charge on any atom is -0.437 e. The van der Waals surface area contributed by atoms with E-state index in [4.69, 9.17) is 42.6 Å². The summed E-state index contributed by atoms with van der Waals surface area (Å²) < 4.78 is 26.2. The van der Waals surface area contributed by atoms with Crippen molar-refractivity contribution >= 4 is 50.8 Å². The molecule has 1 unspecified atom stereocenters. The van der Waals surface area contributed by atoms with E-state index >= 15 is 0 Å². The summed E-state index contributed by atoms with van der Waals surface area (Å²) in [5.41, 5.74) is 4.92. The Kier molecular flexibility index (Phi) is 31.5. The number of aliphatic hydroxyl groups is 1. The van der Waals surface area contributed by atoms with Crippen molar-refractivity contribution in [3.05, 3.63) is 0 Å². The van der Waals surface area contributed by atoms with Crippen LogP contribution in [0.25, 0.3) is 0 Å². The largest absolute Gasteiger partial charge is 0.513 e. The van der Waals surface area contributed by atoms with Gasteiger partial charge in [-0.15, -0.1) is 0 Å². The summed E-state index contributed by atoms with van der Waals surface area (Å²) in [7, 11) is -8.43. The van der Waals surface area contributed by atoms with Gasteiger partial charge in [-0.05, 0) is 46.6 Å². The van der Waals surface area contributed by atoms with Crippen molar-refractivity contribution in [3.8, 4) is 0 Å². The lowest BCUT2D eigenvalue weighted by atomic mass is 10.4. The van der Waals surface area contributed by atoms with Crippen molar-refractivity contribution in [2.24, 2.45) is 5.73 Å². The van der Waals surface area contributed by atoms with Crippen LogP contribution in [-0.4, -0.2) is 118 Å². The van der Waals surface area contributed by atoms with Gasteiger partial charge in [0.25, 0.3) is 0 Å². The predicted molar refractivity (Wildman–Crippen MR) is 139 cm³/mol. The van der Waals surface area contributed by atoms with Gasteiger partial charge in [0.2, 0.25) is 0 Å². The molecule has 216 valence electrons. The molecule has 1 atom stereocenters. The highest BCUT2D eigenvalue weighted by atomic mass is 28.5. The molecule has 36 heavy (non-hydrogen) atoms. The van der Waals surface area contributed by atoms with Crippen LogP contribution in [0.3, 0.4) is 0 Å². The quantitative estimate of drug-likeness (QED) is 0.0445. The number of aliphatic hydroxyl groups excluding tert-OH is 1. The normalized spacial score (nSPS) is 11.9. The van der Waals surface area contributed by atoms with Gasteiger partial charge in [0, 0.05) is 19.8 Å². The highest BCUT2D eigenvalue weighted by Crippen LogP contribution is 2.18. The van der Waals surface area contributed by atoms with Crippen LogP contribution in [0.1, 0.15) is 13.8 Å². The van der Waals surface area contributed by atoms with E-state index in [1.807, 2.05) is 33.5 Å². The zero-order chi connectivity index (χ0) is 29.1. The monoisotopic (exact) mass is 578 g/mol. The Morgan fingerprint density at radius 3 is 1.64 bits per heavy atom. The van der Waals surface area contributed by atoms with Crippen LogP contribution in [0.2, 0.25) is 32.7 Å². The molecule has 0 aromatic carbocycles. The fourth-order valence-corrected chi connectivity index (χ4v) is 12.3. The Morgan fingerprint density at radius 1 is 0.833 bits per heavy atom. The second-order valence-corrected chi connectivity index (χ2v) is 18.4. The summed E-state index contributed by atoms with van der Waals surface area (Å²) >= 11 is 0. The summed E-state index contributed by atoms with van der Waals surface area (Å²) in [6.45, 7) is 15.7. The van der Waals surface area contributed by atoms with Gasteiger partial charge in [0.15, 0.2) is 33.5 Å². The number of aldehydes is 4. The maximum absolute atomic E-state index is 10.0. The van der Waals surface area contributed by atoms with Gasteiger partial charge >= 0.3 is 17.4 Å². The number of rotatable bonds is 17. The van der Waals surface area contributed by atoms with E-state index in [2.05, 4.69) is 10.1 Å². The lowest BCUT2D eigenvalue weighted by Gasteiger charge is -2.34. The molecule has 0 saturated carbocycles. The van der Waals surface area contributed by atoms with Crippen molar-refractivity contribution in [1.29, 1.82) is 0 Å². The number of carbonyl (C=O) groups is 4. The molecule has 0 heterocycles. The first-order valence-electron chi connectivity index (χ1n) is 11.1. The Labute approximate surface area is 217 Å². The molecule has 0 radical (unpaired) electrons. The number of hydrogen-bond acceptors (Lipinski definition) is 14. The summed E-state index contributed by atoms with van der Waals surface area (Å²) in [5, 5.41) is 12.6. The standard InChI is InChI=1S/C12H33NO7Si3.C3H9NO.2C2H2O2/c1-7-17-10-13-8-12(14)9-18-11-23(15,16)20-22(5,6)19-21(2,3)4;1-2-5-3-4;2*3-1-2-4/h12-16H,7-11H2,1-6H3;2-4H2,1H3;2*1-2H. The molecule has 0 spiro atoms. The summed E-state index contributed by atoms with van der Waals surface area (Å²) in [4.78, 5) is 55.2. The smallest absolute Gasteiger partial charge is 0.437 e. The maximum atomic E-state index is 10.0. The van der Waals surface area contributed by atoms with Crippen LogP contribution in [-0.2, 0) is 41.6 Å². The van der Waals surface area contributed by atoms with Gasteiger partial charge in [-0.25, -0.2) is 0 Å². The zero-order valence-electron chi connectivity index (χ0n) is 22.4. The molecule has 0 aliphatic rings. The molecule has 6 N–H and O–H groups in total. The predicted octanol–water partition coefficient (Wildman–Crippen LogP) is -1.31. The third-order valence-corrected chi connectivity index (χ3v) is 11.1. The fraction of sp³-hybridized carbons (Fsp3) is 0.789. The van der Waals surface area contributed by atoms with Crippen molar-refractivity contribution in [2.75, 3.05) is 46.1 Å². The first-order chi connectivity index (χ1) is 16.6. The van der Waals surface area contributed by atoms with E-state index in [1.54, 1.807) is 13.1 Å². The lowest BCUT2D eigenvalue weighted by molar-refractivity contribution is -0.122. The van der Waals surface area contributed by atoms with Crippen LogP contribution in [0.15, 0.2) is 0 Å². The highest BCUT2D eigenvalue weighted by Gasteiger charge is 2.43. The molecule has 17 heteroatoms. The molecule has 14 nitrogen and oxygen atoms in total. The Hall–Kier alpha value is -1.07. The molecular formula is C19H46N2O12Si3. The number of carbonyl (C=O) groups excluding carboxylic acids is 4. The van der Waals surface area contributed by atoms with Crippen molar-refractivity contribution < 1.29 is 56.3 Å². The molecule has 0 aromatic heterocycles. The van der Waals surface area contributed by atoms with Crippen LogP contribution in [0.4, 0.5) is 0 Å². The lowest BCUT2D eigenvalue weighted by Crippen LogP contribution is -2.57. The molecule has 0 bridgehead atoms. The third-order valence-electron chi connectivity index (χ3n) is 2.78. The number of nitrogens with two attached hydrogens (primary N) is 1. The second-order valence-electron chi connectivity index (χ2n) is 7.92. The van der Waals surface area contributed by atoms with Gasteiger partial charge in [-0.3, -0.25) is 24.5 Å². The molecule has 0 aliphatic heterocycles. The van der Waals surface area contributed by atoms with Crippen LogP contribution < -0.4 is 11.1 Å². The Morgan fingerprint density at radius 2 is 1.31 bits per heavy atom. The molecule has 0 aliphatic carbocycles. The van der Waals surface area contributed by atoms with Crippen LogP contribution in [0, 0.1) is 0 Å². The van der Waals surface area contributed by atoms with E-state index < -0.39 is 31.8 Å². The molecular weight excluding hydrogens is 532 g/mol. The molecule has 0 aromatic rings. The zero-order valence-corrected chi connectivity index (χ0v) is 25.4. The van der Waals surface area contributed by atoms with Crippen molar-refractivity contribution in [3.63, 3.8) is 0 Å². The van der Waals surface area contributed by atoms with Crippen LogP contribution in [0.5, 0.6) is 0 Å². The van der Waals surface area contributed by atoms with Crippen molar-refractivity contribution in [2.45, 2.75) is 52.7 Å². The minimum atomic E-state index is -3.97. The van der Waals surface area contributed by atoms with Gasteiger partial charge in [-0.1, -0.05) is 0 Å². The average molecular weight is 579 g/mol. The summed E-state index contributed by atoms with van der Waals surface area (Å²) in [6, 6.07) is 0. The van der Waals surface area contributed by atoms with Gasteiger partial charge < -0.3 is 42.9 Å².